The molecule has 0 spiro atoms. The van der Waals surface area contributed by atoms with Gasteiger partial charge in [0.15, 0.2) is 0 Å². The molecule has 1 N–H and O–H groups in total. The molecular formula is C22H23N3O2. The van der Waals surface area contributed by atoms with Crippen LogP contribution in [0.25, 0.3) is 0 Å². The molecule has 0 aromatic heterocycles. The van der Waals surface area contributed by atoms with Crippen LogP contribution in [0.5, 0.6) is 0 Å². The van der Waals surface area contributed by atoms with E-state index in [0.717, 1.165) is 43.6 Å². The first-order valence-electron chi connectivity index (χ1n) is 9.73. The van der Waals surface area contributed by atoms with Gasteiger partial charge < -0.3 is 15.1 Å². The molecule has 2 aliphatic heterocycles. The van der Waals surface area contributed by atoms with Crippen molar-refractivity contribution in [3.05, 3.63) is 58.7 Å². The first-order chi connectivity index (χ1) is 13.1. The molecule has 2 aromatic rings. The van der Waals surface area contributed by atoms with Gasteiger partial charge >= 0.3 is 0 Å². The van der Waals surface area contributed by atoms with Crippen molar-refractivity contribution in [3.63, 3.8) is 0 Å². The Labute approximate surface area is 159 Å². The van der Waals surface area contributed by atoms with Crippen molar-refractivity contribution in [1.82, 2.24) is 4.90 Å². The number of hydrogen-bond donors (Lipinski definition) is 1. The molecule has 5 rings (SSSR count). The minimum Gasteiger partial charge on any atom is -0.354 e. The monoisotopic (exact) mass is 361 g/mol. The Balaban J connectivity index is 1.42. The third kappa shape index (κ3) is 2.60. The number of fused-ring (bicyclic) bond motifs is 3. The molecule has 2 aromatic carbocycles. The maximum atomic E-state index is 12.8. The standard InChI is InChI=1S/C22H23N3O2/c1-24-19-13-16(8-10-18(19)22(27)25-11-3-6-20(24)25)21(26)23-17-9-7-14-4-2-5-15(14)12-17/h7-10,12-13,20H,2-6,11H2,1H3,(H,23,26)/t20-/m1/s1. The zero-order valence-corrected chi connectivity index (χ0v) is 15.5. The Hall–Kier alpha value is -2.82. The quantitative estimate of drug-likeness (QED) is 0.891. The molecule has 3 aliphatic rings. The second-order valence-corrected chi connectivity index (χ2v) is 7.76. The van der Waals surface area contributed by atoms with Crippen molar-refractivity contribution >= 4 is 23.2 Å². The van der Waals surface area contributed by atoms with Gasteiger partial charge in [0, 0.05) is 24.8 Å². The Morgan fingerprint density at radius 3 is 2.81 bits per heavy atom. The molecule has 1 fully saturated rings. The lowest BCUT2D eigenvalue weighted by molar-refractivity contribution is 0.0719. The molecule has 2 heterocycles. The summed E-state index contributed by atoms with van der Waals surface area (Å²) in [6.07, 6.45) is 5.53. The van der Waals surface area contributed by atoms with Crippen molar-refractivity contribution in [3.8, 4) is 0 Å². The highest BCUT2D eigenvalue weighted by Crippen LogP contribution is 2.35. The third-order valence-corrected chi connectivity index (χ3v) is 6.16. The fraction of sp³-hybridized carbons (Fsp3) is 0.364. The summed E-state index contributed by atoms with van der Waals surface area (Å²) >= 11 is 0. The van der Waals surface area contributed by atoms with E-state index in [1.54, 1.807) is 12.1 Å². The van der Waals surface area contributed by atoms with Crippen LogP contribution in [0.3, 0.4) is 0 Å². The van der Waals surface area contributed by atoms with Crippen molar-refractivity contribution in [1.29, 1.82) is 0 Å². The highest BCUT2D eigenvalue weighted by atomic mass is 16.2. The van der Waals surface area contributed by atoms with Gasteiger partial charge in [-0.15, -0.1) is 0 Å². The molecule has 1 atom stereocenters. The number of amides is 2. The molecule has 27 heavy (non-hydrogen) atoms. The normalized spacial score (nSPS) is 20.3. The summed E-state index contributed by atoms with van der Waals surface area (Å²) in [5.41, 5.74) is 5.69. The molecule has 0 radical (unpaired) electrons. The Bertz CT molecular complexity index is 953. The summed E-state index contributed by atoms with van der Waals surface area (Å²) in [5, 5.41) is 3.01. The topological polar surface area (TPSA) is 52.7 Å². The van der Waals surface area contributed by atoms with Gasteiger partial charge in [-0.05, 0) is 73.6 Å². The van der Waals surface area contributed by atoms with E-state index in [0.29, 0.717) is 11.1 Å². The zero-order chi connectivity index (χ0) is 18.5. The molecule has 1 saturated heterocycles. The smallest absolute Gasteiger partial charge is 0.257 e. The highest BCUT2D eigenvalue weighted by molar-refractivity contribution is 6.08. The van der Waals surface area contributed by atoms with Crippen LogP contribution in [0.15, 0.2) is 36.4 Å². The Morgan fingerprint density at radius 1 is 1.07 bits per heavy atom. The number of anilines is 2. The molecule has 0 bridgehead atoms. The van der Waals surface area contributed by atoms with Crippen molar-refractivity contribution < 1.29 is 9.59 Å². The molecule has 5 heteroatoms. The van der Waals surface area contributed by atoms with Crippen LogP contribution in [0.4, 0.5) is 11.4 Å². The van der Waals surface area contributed by atoms with E-state index in [1.807, 2.05) is 24.1 Å². The maximum absolute atomic E-state index is 12.8. The lowest BCUT2D eigenvalue weighted by Crippen LogP contribution is -2.50. The predicted octanol–water partition coefficient (Wildman–Crippen LogP) is 3.44. The summed E-state index contributed by atoms with van der Waals surface area (Å²) < 4.78 is 0. The number of nitrogens with one attached hydrogen (secondary N) is 1. The van der Waals surface area contributed by atoms with Crippen molar-refractivity contribution in [2.45, 2.75) is 38.3 Å². The predicted molar refractivity (Wildman–Crippen MR) is 105 cm³/mol. The van der Waals surface area contributed by atoms with E-state index < -0.39 is 0 Å². The van der Waals surface area contributed by atoms with Crippen LogP contribution in [-0.4, -0.2) is 36.5 Å². The van der Waals surface area contributed by atoms with Crippen LogP contribution in [0.1, 0.15) is 51.1 Å². The SMILES string of the molecule is CN1c2cc(C(=O)Nc3ccc4c(c3)CCC4)ccc2C(=O)N2CCC[C@@H]21. The van der Waals surface area contributed by atoms with Crippen molar-refractivity contribution in [2.75, 3.05) is 23.8 Å². The van der Waals surface area contributed by atoms with E-state index in [1.165, 1.54) is 17.5 Å². The molecular weight excluding hydrogens is 338 g/mol. The molecule has 0 unspecified atom stereocenters. The van der Waals surface area contributed by atoms with E-state index in [9.17, 15) is 9.59 Å². The van der Waals surface area contributed by atoms with Crippen LogP contribution in [-0.2, 0) is 12.8 Å². The fourth-order valence-electron chi connectivity index (χ4n) is 4.70. The van der Waals surface area contributed by atoms with Crippen LogP contribution < -0.4 is 10.2 Å². The summed E-state index contributed by atoms with van der Waals surface area (Å²) in [6, 6.07) is 11.6. The van der Waals surface area contributed by atoms with Gasteiger partial charge in [-0.2, -0.15) is 0 Å². The number of carbonyl (C=O) groups is 2. The number of carbonyl (C=O) groups excluding carboxylic acids is 2. The number of rotatable bonds is 2. The van der Waals surface area contributed by atoms with E-state index in [2.05, 4.69) is 22.3 Å². The maximum Gasteiger partial charge on any atom is 0.257 e. The van der Waals surface area contributed by atoms with E-state index >= 15 is 0 Å². The van der Waals surface area contributed by atoms with Crippen molar-refractivity contribution in [2.24, 2.45) is 0 Å². The summed E-state index contributed by atoms with van der Waals surface area (Å²) in [6.45, 7) is 0.813. The third-order valence-electron chi connectivity index (χ3n) is 6.16. The summed E-state index contributed by atoms with van der Waals surface area (Å²) in [7, 11) is 2.01. The molecule has 2 amide bonds. The minimum absolute atomic E-state index is 0.0798. The van der Waals surface area contributed by atoms with E-state index in [4.69, 9.17) is 0 Å². The second-order valence-electron chi connectivity index (χ2n) is 7.76. The number of benzene rings is 2. The average molecular weight is 361 g/mol. The zero-order valence-electron chi connectivity index (χ0n) is 15.5. The largest absolute Gasteiger partial charge is 0.354 e. The number of hydrogen-bond acceptors (Lipinski definition) is 3. The summed E-state index contributed by atoms with van der Waals surface area (Å²) in [5.74, 6) is -0.0540. The Kier molecular flexibility index (Phi) is 3.71. The minimum atomic E-state index is -0.134. The van der Waals surface area contributed by atoms with Crippen LogP contribution >= 0.6 is 0 Å². The first-order valence-corrected chi connectivity index (χ1v) is 9.73. The van der Waals surface area contributed by atoms with Crippen LogP contribution in [0.2, 0.25) is 0 Å². The number of aryl methyl sites for hydroxylation is 2. The van der Waals surface area contributed by atoms with E-state index in [-0.39, 0.29) is 18.0 Å². The molecule has 0 saturated carbocycles. The summed E-state index contributed by atoms with van der Waals surface area (Å²) in [4.78, 5) is 29.6. The van der Waals surface area contributed by atoms with Gasteiger partial charge in [0.25, 0.3) is 11.8 Å². The molecule has 1 aliphatic carbocycles. The van der Waals surface area contributed by atoms with Gasteiger partial charge in [0.05, 0.1) is 11.3 Å². The second kappa shape index (κ2) is 6.12. The van der Waals surface area contributed by atoms with Gasteiger partial charge in [-0.25, -0.2) is 0 Å². The lowest BCUT2D eigenvalue weighted by atomic mass is 10.0. The molecule has 5 nitrogen and oxygen atoms in total. The van der Waals surface area contributed by atoms with Gasteiger partial charge in [0.2, 0.25) is 0 Å². The molecule has 138 valence electrons. The van der Waals surface area contributed by atoms with Gasteiger partial charge in [0.1, 0.15) is 6.17 Å². The van der Waals surface area contributed by atoms with Crippen LogP contribution in [0, 0.1) is 0 Å². The highest BCUT2D eigenvalue weighted by Gasteiger charge is 2.38. The fourth-order valence-corrected chi connectivity index (χ4v) is 4.70. The van der Waals surface area contributed by atoms with Gasteiger partial charge in [-0.3, -0.25) is 9.59 Å². The lowest BCUT2D eigenvalue weighted by Gasteiger charge is -2.40. The van der Waals surface area contributed by atoms with Gasteiger partial charge in [-0.1, -0.05) is 6.07 Å². The average Bonchev–Trinajstić information content (AvgIpc) is 3.34. The Morgan fingerprint density at radius 2 is 1.93 bits per heavy atom. The number of nitrogens with zero attached hydrogens (tertiary/aromatic N) is 2. The first kappa shape index (κ1) is 16.4.